The summed E-state index contributed by atoms with van der Waals surface area (Å²) < 4.78 is 5.58. The van der Waals surface area contributed by atoms with Crippen molar-refractivity contribution in [3.05, 3.63) is 68.6 Å². The maximum Gasteiger partial charge on any atom is 0.312 e. The summed E-state index contributed by atoms with van der Waals surface area (Å²) in [7, 11) is 1.34. The van der Waals surface area contributed by atoms with E-state index in [0.29, 0.717) is 17.1 Å². The van der Waals surface area contributed by atoms with Gasteiger partial charge >= 0.3 is 5.97 Å². The smallest absolute Gasteiger partial charge is 0.312 e. The first-order valence-corrected chi connectivity index (χ1v) is 13.5. The Balaban J connectivity index is 1.51. The highest BCUT2D eigenvalue weighted by Crippen LogP contribution is 2.29. The zero-order valence-corrected chi connectivity index (χ0v) is 23.6. The molecule has 10 heteroatoms. The summed E-state index contributed by atoms with van der Waals surface area (Å²) in [5.41, 5.74) is 1.66. The van der Waals surface area contributed by atoms with Crippen molar-refractivity contribution in [3.63, 3.8) is 0 Å². The van der Waals surface area contributed by atoms with Crippen LogP contribution in [0.4, 0.5) is 0 Å². The lowest BCUT2D eigenvalue weighted by Crippen LogP contribution is -2.59. The normalized spacial score (nSPS) is 14.6. The molecule has 1 aliphatic heterocycles. The third-order valence-electron chi connectivity index (χ3n) is 6.17. The molecule has 0 saturated carbocycles. The number of esters is 1. The Labute approximate surface area is 228 Å². The predicted molar refractivity (Wildman–Crippen MR) is 145 cm³/mol. The van der Waals surface area contributed by atoms with E-state index in [-0.39, 0.29) is 42.2 Å². The van der Waals surface area contributed by atoms with E-state index < -0.39 is 6.04 Å². The van der Waals surface area contributed by atoms with Crippen LogP contribution in [0.2, 0.25) is 0 Å². The number of amides is 2. The van der Waals surface area contributed by atoms with Crippen LogP contribution in [0.1, 0.15) is 40.9 Å². The molecule has 0 radical (unpaired) electrons. The molecular formula is C27H29BrN4O4S. The highest BCUT2D eigenvalue weighted by Gasteiger charge is 2.39. The number of halogens is 1. The Bertz CT molecular complexity index is 1280. The Hall–Kier alpha value is -3.11. The second-order valence-corrected chi connectivity index (χ2v) is 12.0. The maximum absolute atomic E-state index is 13.4. The zero-order valence-electron chi connectivity index (χ0n) is 21.2. The van der Waals surface area contributed by atoms with Gasteiger partial charge in [-0.3, -0.25) is 14.4 Å². The lowest BCUT2D eigenvalue weighted by Gasteiger charge is -2.39. The molecule has 1 aliphatic rings. The van der Waals surface area contributed by atoms with Crippen molar-refractivity contribution in [2.45, 2.75) is 38.6 Å². The van der Waals surface area contributed by atoms with Crippen LogP contribution in [-0.2, 0) is 26.2 Å². The number of nitrogens with zero attached hydrogens (tertiary/aromatic N) is 3. The van der Waals surface area contributed by atoms with E-state index in [0.717, 1.165) is 20.5 Å². The molecule has 0 bridgehead atoms. The van der Waals surface area contributed by atoms with Crippen molar-refractivity contribution in [1.82, 2.24) is 20.2 Å². The van der Waals surface area contributed by atoms with Gasteiger partial charge in [0.25, 0.3) is 5.91 Å². The third-order valence-corrected chi connectivity index (χ3v) is 8.09. The molecule has 8 nitrogen and oxygen atoms in total. The number of hydrogen-bond acceptors (Lipinski definition) is 7. The number of hydrogen-bond donors (Lipinski definition) is 1. The third kappa shape index (κ3) is 6.42. The quantitative estimate of drug-likeness (QED) is 0.417. The number of rotatable bonds is 7. The molecule has 194 valence electrons. The fourth-order valence-electron chi connectivity index (χ4n) is 3.97. The van der Waals surface area contributed by atoms with Gasteiger partial charge < -0.3 is 15.0 Å². The largest absolute Gasteiger partial charge is 0.469 e. The van der Waals surface area contributed by atoms with Crippen LogP contribution < -0.4 is 5.32 Å². The monoisotopic (exact) mass is 584 g/mol. The zero-order chi connectivity index (χ0) is 26.7. The number of methoxy groups -OCH3 is 1. The maximum atomic E-state index is 13.4. The van der Waals surface area contributed by atoms with Gasteiger partial charge in [0.2, 0.25) is 5.91 Å². The molecule has 1 aromatic carbocycles. The molecule has 1 saturated heterocycles. The SMILES string of the molecule is COC(=O)C1CN(C(=O)[C@H](Cc2ccc(-c3ncc(Br)cn3)cc2)NC(=O)c2ccc(C(C)(C)C)s2)C1. The Morgan fingerprint density at radius 2 is 1.76 bits per heavy atom. The van der Waals surface area contributed by atoms with E-state index in [1.165, 1.54) is 18.4 Å². The van der Waals surface area contributed by atoms with Gasteiger partial charge in [-0.2, -0.15) is 0 Å². The van der Waals surface area contributed by atoms with Crippen molar-refractivity contribution in [2.75, 3.05) is 20.2 Å². The number of benzene rings is 1. The summed E-state index contributed by atoms with van der Waals surface area (Å²) in [5.74, 6) is -0.575. The summed E-state index contributed by atoms with van der Waals surface area (Å²) >= 11 is 4.76. The number of aromatic nitrogens is 2. The topological polar surface area (TPSA) is 101 Å². The van der Waals surface area contributed by atoms with E-state index >= 15 is 0 Å². The van der Waals surface area contributed by atoms with E-state index in [1.807, 2.05) is 30.3 Å². The molecule has 0 aliphatic carbocycles. The van der Waals surface area contributed by atoms with Gasteiger partial charge in [0.15, 0.2) is 5.82 Å². The number of nitrogens with one attached hydrogen (secondary N) is 1. The van der Waals surface area contributed by atoms with Crippen molar-refractivity contribution in [3.8, 4) is 11.4 Å². The Kier molecular flexibility index (Phi) is 8.08. The fourth-order valence-corrected chi connectivity index (χ4v) is 5.15. The summed E-state index contributed by atoms with van der Waals surface area (Å²) in [6, 6.07) is 10.6. The average Bonchev–Trinajstić information content (AvgIpc) is 3.35. The molecule has 4 rings (SSSR count). The van der Waals surface area contributed by atoms with Gasteiger partial charge in [-0.15, -0.1) is 11.3 Å². The van der Waals surface area contributed by atoms with E-state index in [9.17, 15) is 14.4 Å². The van der Waals surface area contributed by atoms with Crippen molar-refractivity contribution < 1.29 is 19.1 Å². The number of likely N-dealkylation sites (tertiary alicyclic amines) is 1. The first kappa shape index (κ1) is 26.9. The lowest BCUT2D eigenvalue weighted by molar-refractivity contribution is -0.156. The second-order valence-electron chi connectivity index (χ2n) is 10.0. The van der Waals surface area contributed by atoms with Crippen LogP contribution in [0.3, 0.4) is 0 Å². The van der Waals surface area contributed by atoms with Crippen LogP contribution in [0.25, 0.3) is 11.4 Å². The molecule has 1 atom stereocenters. The number of carbonyl (C=O) groups is 3. The second kappa shape index (κ2) is 11.1. The van der Waals surface area contributed by atoms with Crippen LogP contribution in [0, 0.1) is 5.92 Å². The fraction of sp³-hybridized carbons (Fsp3) is 0.370. The molecule has 3 aromatic rings. The van der Waals surface area contributed by atoms with E-state index in [1.54, 1.807) is 23.4 Å². The summed E-state index contributed by atoms with van der Waals surface area (Å²) in [5, 5.41) is 2.94. The van der Waals surface area contributed by atoms with Crippen LogP contribution in [-0.4, -0.2) is 58.9 Å². The first-order valence-electron chi connectivity index (χ1n) is 11.9. The minimum atomic E-state index is -0.777. The van der Waals surface area contributed by atoms with Gasteiger partial charge in [-0.25, -0.2) is 9.97 Å². The van der Waals surface area contributed by atoms with Gasteiger partial charge in [-0.05, 0) is 39.0 Å². The number of carbonyl (C=O) groups excluding carboxylic acids is 3. The minimum Gasteiger partial charge on any atom is -0.469 e. The van der Waals surface area contributed by atoms with Gasteiger partial charge in [0.05, 0.1) is 22.4 Å². The summed E-state index contributed by atoms with van der Waals surface area (Å²) in [6.07, 6.45) is 3.68. The molecular weight excluding hydrogens is 556 g/mol. The summed E-state index contributed by atoms with van der Waals surface area (Å²) in [6.45, 7) is 6.85. The standard InChI is InChI=1S/C27H29BrN4O4S/c1-27(2,3)22-10-9-21(37-22)24(33)31-20(25(34)32-14-18(15-32)26(35)36-4)11-16-5-7-17(8-6-16)23-29-12-19(28)13-30-23/h5-10,12-13,18,20H,11,14-15H2,1-4H3,(H,31,33)/t20-/m0/s1. The molecule has 0 unspecified atom stereocenters. The molecule has 2 aromatic heterocycles. The number of thiophene rings is 1. The molecule has 37 heavy (non-hydrogen) atoms. The minimum absolute atomic E-state index is 0.0702. The van der Waals surface area contributed by atoms with Crippen LogP contribution >= 0.6 is 27.3 Å². The van der Waals surface area contributed by atoms with Crippen LogP contribution in [0.15, 0.2) is 53.3 Å². The van der Waals surface area contributed by atoms with Gasteiger partial charge in [0, 0.05) is 42.3 Å². The average molecular weight is 586 g/mol. The highest BCUT2D eigenvalue weighted by atomic mass is 79.9. The Morgan fingerprint density at radius 1 is 1.11 bits per heavy atom. The molecule has 1 fully saturated rings. The van der Waals surface area contributed by atoms with E-state index in [2.05, 4.69) is 52.0 Å². The number of ether oxygens (including phenoxy) is 1. The van der Waals surface area contributed by atoms with Gasteiger partial charge in [0.1, 0.15) is 6.04 Å². The first-order chi connectivity index (χ1) is 17.5. The molecule has 3 heterocycles. The lowest BCUT2D eigenvalue weighted by atomic mass is 9.95. The highest BCUT2D eigenvalue weighted by molar-refractivity contribution is 9.10. The molecule has 1 N–H and O–H groups in total. The predicted octanol–water partition coefficient (Wildman–Crippen LogP) is 4.24. The summed E-state index contributed by atoms with van der Waals surface area (Å²) in [4.78, 5) is 50.2. The van der Waals surface area contributed by atoms with Crippen LogP contribution in [0.5, 0.6) is 0 Å². The molecule has 2 amide bonds. The van der Waals surface area contributed by atoms with Crippen molar-refractivity contribution in [2.24, 2.45) is 5.92 Å². The van der Waals surface area contributed by atoms with Gasteiger partial charge in [-0.1, -0.05) is 45.0 Å². The van der Waals surface area contributed by atoms with Crippen molar-refractivity contribution >= 4 is 45.1 Å². The Morgan fingerprint density at radius 3 is 2.32 bits per heavy atom. The molecule has 0 spiro atoms. The van der Waals surface area contributed by atoms with Crippen molar-refractivity contribution in [1.29, 1.82) is 0 Å². The van der Waals surface area contributed by atoms with E-state index in [4.69, 9.17) is 4.74 Å².